The van der Waals surface area contributed by atoms with Crippen LogP contribution in [0.3, 0.4) is 0 Å². The number of benzene rings is 1. The lowest BCUT2D eigenvalue weighted by Crippen LogP contribution is -2.07. The van der Waals surface area contributed by atoms with Crippen molar-refractivity contribution in [3.05, 3.63) is 34.9 Å². The van der Waals surface area contributed by atoms with E-state index in [0.717, 1.165) is 0 Å². The molecular formula is C11H11ClF2N4O. The Bertz CT molecular complexity index is 588. The van der Waals surface area contributed by atoms with Gasteiger partial charge in [-0.1, -0.05) is 11.6 Å². The van der Waals surface area contributed by atoms with E-state index in [1.807, 2.05) is 0 Å². The second-order valence-corrected chi connectivity index (χ2v) is 4.01. The first-order valence-corrected chi connectivity index (χ1v) is 5.71. The van der Waals surface area contributed by atoms with E-state index in [1.54, 1.807) is 12.1 Å². The predicted molar refractivity (Wildman–Crippen MR) is 65.8 cm³/mol. The molecule has 0 saturated carbocycles. The van der Waals surface area contributed by atoms with Crippen molar-refractivity contribution < 1.29 is 13.5 Å². The smallest absolute Gasteiger partial charge is 0.299 e. The summed E-state index contributed by atoms with van der Waals surface area (Å²) in [5.74, 6) is -0.0880. The Morgan fingerprint density at radius 2 is 2.21 bits per heavy atom. The number of nitrogens with zero attached hydrogens (tertiary/aromatic N) is 3. The highest BCUT2D eigenvalue weighted by molar-refractivity contribution is 6.33. The maximum Gasteiger partial charge on any atom is 0.299 e. The Balaban J connectivity index is 2.52. The van der Waals surface area contributed by atoms with Gasteiger partial charge in [0, 0.05) is 12.1 Å². The summed E-state index contributed by atoms with van der Waals surface area (Å²) in [7, 11) is 1.48. The third-order valence-corrected chi connectivity index (χ3v) is 2.97. The van der Waals surface area contributed by atoms with E-state index in [2.05, 4.69) is 10.1 Å². The van der Waals surface area contributed by atoms with Crippen LogP contribution in [0.1, 0.15) is 17.8 Å². The third-order valence-electron chi connectivity index (χ3n) is 2.56. The van der Waals surface area contributed by atoms with E-state index in [-0.39, 0.29) is 6.54 Å². The molecule has 0 amide bonds. The van der Waals surface area contributed by atoms with Crippen LogP contribution in [-0.2, 0) is 6.54 Å². The molecule has 5 nitrogen and oxygen atoms in total. The fourth-order valence-corrected chi connectivity index (χ4v) is 1.96. The summed E-state index contributed by atoms with van der Waals surface area (Å²) in [4.78, 5) is 3.53. The second-order valence-electron chi connectivity index (χ2n) is 3.63. The van der Waals surface area contributed by atoms with Gasteiger partial charge < -0.3 is 10.5 Å². The monoisotopic (exact) mass is 288 g/mol. The number of hydrogen-bond donors (Lipinski definition) is 1. The molecule has 2 N–H and O–H groups in total. The van der Waals surface area contributed by atoms with Gasteiger partial charge >= 0.3 is 0 Å². The van der Waals surface area contributed by atoms with E-state index < -0.39 is 12.2 Å². The number of rotatable bonds is 4. The molecule has 8 heteroatoms. The summed E-state index contributed by atoms with van der Waals surface area (Å²) >= 11 is 6.12. The molecule has 2 aromatic rings. The van der Waals surface area contributed by atoms with E-state index in [4.69, 9.17) is 22.1 Å². The van der Waals surface area contributed by atoms with Crippen LogP contribution < -0.4 is 10.5 Å². The molecule has 0 fully saturated rings. The van der Waals surface area contributed by atoms with E-state index in [1.165, 1.54) is 18.1 Å². The lowest BCUT2D eigenvalue weighted by atomic mass is 10.1. The number of aromatic nitrogens is 3. The Hall–Kier alpha value is -1.73. The van der Waals surface area contributed by atoms with Crippen LogP contribution in [0, 0.1) is 0 Å². The zero-order valence-electron chi connectivity index (χ0n) is 9.98. The normalized spacial score (nSPS) is 11.1. The minimum absolute atomic E-state index is 0.120. The van der Waals surface area contributed by atoms with Crippen LogP contribution in [0.4, 0.5) is 8.78 Å². The predicted octanol–water partition coefficient (Wildman–Crippen LogP) is 2.33. The molecule has 1 aromatic carbocycles. The Labute approximate surface area is 112 Å². The zero-order valence-corrected chi connectivity index (χ0v) is 10.7. The van der Waals surface area contributed by atoms with Crippen molar-refractivity contribution in [1.29, 1.82) is 0 Å². The fraction of sp³-hybridized carbons (Fsp3) is 0.273. The third kappa shape index (κ3) is 2.52. The Kier molecular flexibility index (Phi) is 3.96. The fourth-order valence-electron chi connectivity index (χ4n) is 1.65. The number of methoxy groups -OCH3 is 1. The minimum atomic E-state index is -2.73. The molecule has 0 aliphatic carbocycles. The lowest BCUT2D eigenvalue weighted by molar-refractivity contribution is 0.140. The molecule has 1 heterocycles. The second kappa shape index (κ2) is 5.50. The van der Waals surface area contributed by atoms with Gasteiger partial charge in [0.05, 0.1) is 17.8 Å². The quantitative estimate of drug-likeness (QED) is 0.938. The summed E-state index contributed by atoms with van der Waals surface area (Å²) in [5.41, 5.74) is 6.67. The molecule has 1 aromatic heterocycles. The van der Waals surface area contributed by atoms with Gasteiger partial charge in [-0.05, 0) is 12.1 Å². The summed E-state index contributed by atoms with van der Waals surface area (Å²) in [5, 5.41) is 4.02. The van der Waals surface area contributed by atoms with Crippen molar-refractivity contribution >= 4 is 11.6 Å². The van der Waals surface area contributed by atoms with Gasteiger partial charge in [0.25, 0.3) is 6.43 Å². The van der Waals surface area contributed by atoms with Crippen LogP contribution in [0.5, 0.6) is 5.75 Å². The average molecular weight is 289 g/mol. The van der Waals surface area contributed by atoms with Gasteiger partial charge in [-0.2, -0.15) is 0 Å². The SMILES string of the molecule is COc1ccc(-n2cnc(C(F)F)n2)c(CN)c1Cl. The van der Waals surface area contributed by atoms with E-state index in [0.29, 0.717) is 22.0 Å². The summed E-state index contributed by atoms with van der Waals surface area (Å²) in [6.45, 7) is 0.120. The molecule has 19 heavy (non-hydrogen) atoms. The van der Waals surface area contributed by atoms with Gasteiger partial charge in [0.15, 0.2) is 0 Å². The Morgan fingerprint density at radius 1 is 1.47 bits per heavy atom. The molecule has 0 saturated heterocycles. The molecule has 0 unspecified atom stereocenters. The first-order valence-electron chi connectivity index (χ1n) is 5.34. The Morgan fingerprint density at radius 3 is 2.74 bits per heavy atom. The summed E-state index contributed by atoms with van der Waals surface area (Å²) < 4.78 is 31.2. The molecular weight excluding hydrogens is 278 g/mol. The van der Waals surface area contributed by atoms with Gasteiger partial charge in [-0.25, -0.2) is 18.4 Å². The topological polar surface area (TPSA) is 66.0 Å². The number of nitrogens with two attached hydrogens (primary N) is 1. The standard InChI is InChI=1S/C11H11ClF2N4O/c1-19-8-3-2-7(6(4-15)9(8)12)18-5-16-11(17-18)10(13)14/h2-3,5,10H,4,15H2,1H3. The number of hydrogen-bond acceptors (Lipinski definition) is 4. The molecule has 0 aliphatic rings. The van der Waals surface area contributed by atoms with Crippen LogP contribution in [0.2, 0.25) is 5.02 Å². The van der Waals surface area contributed by atoms with Crippen LogP contribution in [-0.4, -0.2) is 21.9 Å². The van der Waals surface area contributed by atoms with Gasteiger partial charge in [0.1, 0.15) is 12.1 Å². The van der Waals surface area contributed by atoms with Crippen LogP contribution in [0.15, 0.2) is 18.5 Å². The highest BCUT2D eigenvalue weighted by Gasteiger charge is 2.17. The maximum absolute atomic E-state index is 12.5. The van der Waals surface area contributed by atoms with Crippen LogP contribution in [0.25, 0.3) is 5.69 Å². The zero-order chi connectivity index (χ0) is 14.0. The molecule has 102 valence electrons. The number of halogens is 3. The number of alkyl halides is 2. The summed E-state index contributed by atoms with van der Waals surface area (Å²) in [6.07, 6.45) is -1.53. The minimum Gasteiger partial charge on any atom is -0.495 e. The molecule has 0 radical (unpaired) electrons. The summed E-state index contributed by atoms with van der Waals surface area (Å²) in [6, 6.07) is 3.25. The van der Waals surface area contributed by atoms with Crippen molar-refractivity contribution in [1.82, 2.24) is 14.8 Å². The first-order chi connectivity index (χ1) is 9.08. The highest BCUT2D eigenvalue weighted by Crippen LogP contribution is 2.32. The van der Waals surface area contributed by atoms with E-state index in [9.17, 15) is 8.78 Å². The highest BCUT2D eigenvalue weighted by atomic mass is 35.5. The molecule has 0 aliphatic heterocycles. The van der Waals surface area contributed by atoms with Gasteiger partial charge in [-0.3, -0.25) is 0 Å². The molecule has 0 spiro atoms. The molecule has 0 bridgehead atoms. The largest absolute Gasteiger partial charge is 0.495 e. The van der Waals surface area contributed by atoms with Crippen LogP contribution >= 0.6 is 11.6 Å². The first kappa shape index (κ1) is 13.7. The average Bonchev–Trinajstić information content (AvgIpc) is 2.87. The van der Waals surface area contributed by atoms with Gasteiger partial charge in [0.2, 0.25) is 5.82 Å². The molecule has 2 rings (SSSR count). The van der Waals surface area contributed by atoms with Crippen molar-refractivity contribution in [2.75, 3.05) is 7.11 Å². The lowest BCUT2D eigenvalue weighted by Gasteiger charge is -2.12. The van der Waals surface area contributed by atoms with Crippen molar-refractivity contribution in [2.24, 2.45) is 5.73 Å². The van der Waals surface area contributed by atoms with Crippen molar-refractivity contribution in [3.63, 3.8) is 0 Å². The van der Waals surface area contributed by atoms with Crippen molar-refractivity contribution in [2.45, 2.75) is 13.0 Å². The number of ether oxygens (including phenoxy) is 1. The van der Waals surface area contributed by atoms with Gasteiger partial charge in [-0.15, -0.1) is 5.10 Å². The van der Waals surface area contributed by atoms with Crippen molar-refractivity contribution in [3.8, 4) is 11.4 Å². The maximum atomic E-state index is 12.5. The molecule has 0 atom stereocenters. The van der Waals surface area contributed by atoms with E-state index >= 15 is 0 Å².